The minimum atomic E-state index is -0.327. The first-order valence-electron chi connectivity index (χ1n) is 6.64. The van der Waals surface area contributed by atoms with Crippen LogP contribution in [-0.2, 0) is 6.42 Å². The average molecular weight is 275 g/mol. The predicted octanol–water partition coefficient (Wildman–Crippen LogP) is 1.73. The molecule has 6 heteroatoms. The van der Waals surface area contributed by atoms with Crippen LogP contribution in [-0.4, -0.2) is 29.8 Å². The van der Waals surface area contributed by atoms with Gasteiger partial charge in [0.25, 0.3) is 0 Å². The van der Waals surface area contributed by atoms with Gasteiger partial charge >= 0.3 is 0 Å². The summed E-state index contributed by atoms with van der Waals surface area (Å²) in [4.78, 5) is 4.37. The van der Waals surface area contributed by atoms with Gasteiger partial charge in [-0.2, -0.15) is 4.98 Å². The number of para-hydroxylation sites is 2. The summed E-state index contributed by atoms with van der Waals surface area (Å²) in [7, 11) is 1.90. The molecule has 1 N–H and O–H groups in total. The van der Waals surface area contributed by atoms with Crippen LogP contribution in [0.4, 0.5) is 0 Å². The van der Waals surface area contributed by atoms with Gasteiger partial charge in [-0.05, 0) is 26.1 Å². The van der Waals surface area contributed by atoms with Gasteiger partial charge in [0, 0.05) is 12.5 Å². The Labute approximate surface area is 117 Å². The molecule has 106 valence electrons. The van der Waals surface area contributed by atoms with E-state index in [1.807, 2.05) is 31.3 Å². The molecule has 20 heavy (non-hydrogen) atoms. The summed E-state index contributed by atoms with van der Waals surface area (Å²) in [6, 6.07) is 7.84. The highest BCUT2D eigenvalue weighted by Gasteiger charge is 2.26. The zero-order chi connectivity index (χ0) is 13.9. The van der Waals surface area contributed by atoms with E-state index in [-0.39, 0.29) is 12.1 Å². The fourth-order valence-electron chi connectivity index (χ4n) is 1.99. The molecule has 0 amide bonds. The van der Waals surface area contributed by atoms with Gasteiger partial charge in [0.2, 0.25) is 11.7 Å². The quantitative estimate of drug-likeness (QED) is 0.916. The summed E-state index contributed by atoms with van der Waals surface area (Å²) >= 11 is 0. The second kappa shape index (κ2) is 5.50. The molecule has 0 aliphatic carbocycles. The van der Waals surface area contributed by atoms with Gasteiger partial charge in [-0.25, -0.2) is 0 Å². The van der Waals surface area contributed by atoms with Gasteiger partial charge in [0.05, 0.1) is 0 Å². The normalized spacial score (nSPS) is 18.8. The molecule has 2 aromatic rings. The zero-order valence-electron chi connectivity index (χ0n) is 11.5. The highest BCUT2D eigenvalue weighted by molar-refractivity contribution is 5.40. The Morgan fingerprint density at radius 1 is 1.35 bits per heavy atom. The third-order valence-electron chi connectivity index (χ3n) is 3.25. The third kappa shape index (κ3) is 2.60. The smallest absolute Gasteiger partial charge is 0.228 e. The van der Waals surface area contributed by atoms with Crippen LogP contribution in [0.25, 0.3) is 0 Å². The van der Waals surface area contributed by atoms with Crippen molar-refractivity contribution in [3.63, 3.8) is 0 Å². The minimum absolute atomic E-state index is 0.285. The number of aromatic nitrogens is 2. The van der Waals surface area contributed by atoms with Crippen LogP contribution in [0.15, 0.2) is 28.8 Å². The van der Waals surface area contributed by atoms with Crippen LogP contribution in [0.1, 0.15) is 24.7 Å². The SMILES string of the molecule is CNC(C)Cc1nc(C2COc3ccccc3O2)no1. The van der Waals surface area contributed by atoms with Crippen molar-refractivity contribution in [2.24, 2.45) is 0 Å². The Hall–Kier alpha value is -2.08. The molecule has 0 radical (unpaired) electrons. The van der Waals surface area contributed by atoms with Crippen molar-refractivity contribution in [2.75, 3.05) is 13.7 Å². The highest BCUT2D eigenvalue weighted by atomic mass is 16.6. The number of ether oxygens (including phenoxy) is 2. The molecule has 6 nitrogen and oxygen atoms in total. The number of hydrogen-bond acceptors (Lipinski definition) is 6. The molecule has 0 fully saturated rings. The van der Waals surface area contributed by atoms with E-state index in [1.165, 1.54) is 0 Å². The molecule has 2 heterocycles. The lowest BCUT2D eigenvalue weighted by molar-refractivity contribution is 0.0832. The van der Waals surface area contributed by atoms with E-state index < -0.39 is 0 Å². The molecule has 1 aromatic carbocycles. The lowest BCUT2D eigenvalue weighted by Gasteiger charge is -2.24. The van der Waals surface area contributed by atoms with Crippen molar-refractivity contribution in [1.82, 2.24) is 15.5 Å². The Morgan fingerprint density at radius 2 is 2.15 bits per heavy atom. The molecule has 0 saturated carbocycles. The number of nitrogens with zero attached hydrogens (tertiary/aromatic N) is 2. The van der Waals surface area contributed by atoms with E-state index in [1.54, 1.807) is 0 Å². The summed E-state index contributed by atoms with van der Waals surface area (Å²) in [6.07, 6.45) is 0.362. The molecule has 2 atom stereocenters. The molecule has 1 aliphatic rings. The van der Waals surface area contributed by atoms with Gasteiger partial charge in [-0.15, -0.1) is 0 Å². The largest absolute Gasteiger partial charge is 0.485 e. The minimum Gasteiger partial charge on any atom is -0.485 e. The lowest BCUT2D eigenvalue weighted by Crippen LogP contribution is -2.24. The Morgan fingerprint density at radius 3 is 2.95 bits per heavy atom. The Kier molecular flexibility index (Phi) is 3.56. The van der Waals surface area contributed by atoms with Crippen molar-refractivity contribution < 1.29 is 14.0 Å². The number of rotatable bonds is 4. The number of nitrogens with one attached hydrogen (secondary N) is 1. The average Bonchev–Trinajstić information content (AvgIpc) is 2.95. The standard InChI is InChI=1S/C14H17N3O3/c1-9(15-2)7-13-16-14(17-20-13)12-8-18-10-5-3-4-6-11(10)19-12/h3-6,9,12,15H,7-8H2,1-2H3. The van der Waals surface area contributed by atoms with E-state index in [0.29, 0.717) is 30.5 Å². The second-order valence-corrected chi connectivity index (χ2v) is 4.80. The van der Waals surface area contributed by atoms with E-state index in [9.17, 15) is 0 Å². The fraction of sp³-hybridized carbons (Fsp3) is 0.429. The number of fused-ring (bicyclic) bond motifs is 1. The molecular formula is C14H17N3O3. The molecule has 0 saturated heterocycles. The van der Waals surface area contributed by atoms with Crippen LogP contribution in [0.5, 0.6) is 11.5 Å². The van der Waals surface area contributed by atoms with Crippen LogP contribution >= 0.6 is 0 Å². The molecule has 1 aliphatic heterocycles. The Bertz CT molecular complexity index is 585. The maximum absolute atomic E-state index is 5.84. The first-order chi connectivity index (χ1) is 9.76. The van der Waals surface area contributed by atoms with Crippen molar-refractivity contribution in [3.8, 4) is 11.5 Å². The molecule has 0 spiro atoms. The van der Waals surface area contributed by atoms with E-state index >= 15 is 0 Å². The Balaban J connectivity index is 1.72. The van der Waals surface area contributed by atoms with Crippen molar-refractivity contribution in [2.45, 2.75) is 25.5 Å². The highest BCUT2D eigenvalue weighted by Crippen LogP contribution is 2.35. The topological polar surface area (TPSA) is 69.4 Å². The maximum atomic E-state index is 5.84. The summed E-state index contributed by atoms with van der Waals surface area (Å²) in [6.45, 7) is 2.44. The maximum Gasteiger partial charge on any atom is 0.228 e. The molecule has 2 unspecified atom stereocenters. The third-order valence-corrected chi connectivity index (χ3v) is 3.25. The van der Waals surface area contributed by atoms with Crippen LogP contribution < -0.4 is 14.8 Å². The van der Waals surface area contributed by atoms with Gasteiger partial charge in [-0.1, -0.05) is 17.3 Å². The number of benzene rings is 1. The van der Waals surface area contributed by atoms with E-state index in [0.717, 1.165) is 5.75 Å². The first-order valence-corrected chi connectivity index (χ1v) is 6.64. The van der Waals surface area contributed by atoms with Gasteiger partial charge in [0.15, 0.2) is 17.6 Å². The first kappa shape index (κ1) is 12.9. The van der Waals surface area contributed by atoms with Crippen molar-refractivity contribution >= 4 is 0 Å². The van der Waals surface area contributed by atoms with Crippen LogP contribution in [0.3, 0.4) is 0 Å². The van der Waals surface area contributed by atoms with E-state index in [2.05, 4.69) is 22.4 Å². The molecule has 1 aromatic heterocycles. The fourth-order valence-corrected chi connectivity index (χ4v) is 1.99. The summed E-state index contributed by atoms with van der Waals surface area (Å²) in [5, 5.41) is 7.11. The summed E-state index contributed by atoms with van der Waals surface area (Å²) < 4.78 is 16.7. The molecular weight excluding hydrogens is 258 g/mol. The van der Waals surface area contributed by atoms with Gasteiger partial charge in [0.1, 0.15) is 6.61 Å². The zero-order valence-corrected chi connectivity index (χ0v) is 11.5. The predicted molar refractivity (Wildman–Crippen MR) is 71.8 cm³/mol. The molecule has 3 rings (SSSR count). The van der Waals surface area contributed by atoms with Crippen molar-refractivity contribution in [3.05, 3.63) is 36.0 Å². The van der Waals surface area contributed by atoms with Crippen molar-refractivity contribution in [1.29, 1.82) is 0 Å². The summed E-state index contributed by atoms with van der Waals surface area (Å²) in [5.41, 5.74) is 0. The van der Waals surface area contributed by atoms with Crippen LogP contribution in [0.2, 0.25) is 0 Å². The van der Waals surface area contributed by atoms with Gasteiger partial charge in [-0.3, -0.25) is 0 Å². The molecule has 0 bridgehead atoms. The van der Waals surface area contributed by atoms with Gasteiger partial charge < -0.3 is 19.3 Å². The lowest BCUT2D eigenvalue weighted by atomic mass is 10.2. The summed E-state index contributed by atoms with van der Waals surface area (Å²) in [5.74, 6) is 2.58. The van der Waals surface area contributed by atoms with E-state index in [4.69, 9.17) is 14.0 Å². The second-order valence-electron chi connectivity index (χ2n) is 4.80. The van der Waals surface area contributed by atoms with Crippen LogP contribution in [0, 0.1) is 0 Å². The number of likely N-dealkylation sites (N-methyl/N-ethyl adjacent to an activating group) is 1. The monoisotopic (exact) mass is 275 g/mol. The number of hydrogen-bond donors (Lipinski definition) is 1.